The number of carbonyl (C=O) groups is 1. The first kappa shape index (κ1) is 19.5. The fourth-order valence-electron chi connectivity index (χ4n) is 1.79. The molecule has 0 saturated carbocycles. The fourth-order valence-corrected chi connectivity index (χ4v) is 1.79. The first-order valence-corrected chi connectivity index (χ1v) is 6.93. The average Bonchev–Trinajstić information content (AvgIpc) is 2.46. The van der Waals surface area contributed by atoms with Crippen LogP contribution in [-0.4, -0.2) is 51.2 Å². The molecule has 1 rings (SSSR count). The molecule has 1 aromatic carbocycles. The van der Waals surface area contributed by atoms with Gasteiger partial charge in [0.05, 0.1) is 13.2 Å². The van der Waals surface area contributed by atoms with Gasteiger partial charge in [-0.1, -0.05) is 0 Å². The van der Waals surface area contributed by atoms with Crippen molar-refractivity contribution in [3.8, 4) is 11.5 Å². The summed E-state index contributed by atoms with van der Waals surface area (Å²) in [5.74, 6) is 1.26. The maximum Gasteiger partial charge on any atom is 0.253 e. The Kier molecular flexibility index (Phi) is 9.58. The molecule has 0 aromatic heterocycles. The highest BCUT2D eigenvalue weighted by atomic mass is 35.5. The van der Waals surface area contributed by atoms with Gasteiger partial charge in [0.15, 0.2) is 11.5 Å². The van der Waals surface area contributed by atoms with Crippen LogP contribution < -0.4 is 14.8 Å². The molecule has 0 fully saturated rings. The van der Waals surface area contributed by atoms with Gasteiger partial charge in [0.1, 0.15) is 0 Å². The van der Waals surface area contributed by atoms with Crippen LogP contribution in [0.1, 0.15) is 24.2 Å². The van der Waals surface area contributed by atoms with Gasteiger partial charge in [-0.3, -0.25) is 4.79 Å². The van der Waals surface area contributed by atoms with E-state index < -0.39 is 0 Å². The van der Waals surface area contributed by atoms with Crippen molar-refractivity contribution in [2.45, 2.75) is 13.8 Å². The number of nitrogens with one attached hydrogen (secondary N) is 1. The molecule has 0 saturated heterocycles. The van der Waals surface area contributed by atoms with Crippen LogP contribution in [-0.2, 0) is 0 Å². The number of ether oxygens (including phenoxy) is 2. The van der Waals surface area contributed by atoms with Gasteiger partial charge in [-0.2, -0.15) is 0 Å². The third-order valence-corrected chi connectivity index (χ3v) is 2.83. The van der Waals surface area contributed by atoms with E-state index in [0.29, 0.717) is 36.8 Å². The zero-order valence-electron chi connectivity index (χ0n) is 13.1. The normalized spacial score (nSPS) is 9.71. The van der Waals surface area contributed by atoms with E-state index in [1.165, 1.54) is 0 Å². The van der Waals surface area contributed by atoms with Gasteiger partial charge in [-0.15, -0.1) is 12.4 Å². The molecular weight excluding hydrogens is 292 g/mol. The quantitative estimate of drug-likeness (QED) is 0.799. The fraction of sp³-hybridized carbons (Fsp3) is 0.533. The van der Waals surface area contributed by atoms with E-state index in [9.17, 15) is 4.79 Å². The van der Waals surface area contributed by atoms with Crippen LogP contribution in [0, 0.1) is 0 Å². The van der Waals surface area contributed by atoms with Crippen molar-refractivity contribution in [3.63, 3.8) is 0 Å². The summed E-state index contributed by atoms with van der Waals surface area (Å²) >= 11 is 0. The number of amides is 1. The molecule has 1 aromatic rings. The molecule has 6 heteroatoms. The van der Waals surface area contributed by atoms with Crippen molar-refractivity contribution >= 4 is 18.3 Å². The van der Waals surface area contributed by atoms with Crippen LogP contribution in [0.5, 0.6) is 11.5 Å². The van der Waals surface area contributed by atoms with Gasteiger partial charge in [0, 0.05) is 25.7 Å². The van der Waals surface area contributed by atoms with E-state index in [1.54, 1.807) is 30.1 Å². The van der Waals surface area contributed by atoms with E-state index in [0.717, 1.165) is 6.54 Å². The molecular formula is C15H25ClN2O3. The number of nitrogens with zero attached hydrogens (tertiary/aromatic N) is 1. The van der Waals surface area contributed by atoms with Crippen molar-refractivity contribution in [2.24, 2.45) is 0 Å². The zero-order chi connectivity index (χ0) is 15.0. The molecule has 5 nitrogen and oxygen atoms in total. The Morgan fingerprint density at radius 1 is 1.19 bits per heavy atom. The topological polar surface area (TPSA) is 50.8 Å². The van der Waals surface area contributed by atoms with E-state index >= 15 is 0 Å². The van der Waals surface area contributed by atoms with Gasteiger partial charge in [-0.05, 0) is 39.1 Å². The first-order chi connectivity index (χ1) is 9.63. The minimum Gasteiger partial charge on any atom is -0.490 e. The monoisotopic (exact) mass is 316 g/mol. The standard InChI is InChI=1S/C15H24N2O3.ClH/c1-5-19-13-8-7-12(11-14(13)20-6-2)15(18)17(4)10-9-16-3;/h7-8,11,16H,5-6,9-10H2,1-4H3;1H. The Labute approximate surface area is 133 Å². The Morgan fingerprint density at radius 2 is 1.81 bits per heavy atom. The highest BCUT2D eigenvalue weighted by molar-refractivity contribution is 5.94. The summed E-state index contributed by atoms with van der Waals surface area (Å²) in [7, 11) is 3.65. The minimum absolute atomic E-state index is 0. The second kappa shape index (κ2) is 10.3. The molecule has 0 atom stereocenters. The van der Waals surface area contributed by atoms with Crippen molar-refractivity contribution in [2.75, 3.05) is 40.4 Å². The molecule has 0 aliphatic rings. The third kappa shape index (κ3) is 5.81. The molecule has 1 amide bonds. The lowest BCUT2D eigenvalue weighted by molar-refractivity contribution is 0.0796. The van der Waals surface area contributed by atoms with Gasteiger partial charge in [-0.25, -0.2) is 0 Å². The highest BCUT2D eigenvalue weighted by Crippen LogP contribution is 2.28. The molecule has 0 unspecified atom stereocenters. The predicted molar refractivity (Wildman–Crippen MR) is 86.9 cm³/mol. The van der Waals surface area contributed by atoms with Gasteiger partial charge in [0.25, 0.3) is 5.91 Å². The summed E-state index contributed by atoms with van der Waals surface area (Å²) in [5, 5.41) is 3.02. The molecule has 21 heavy (non-hydrogen) atoms. The van der Waals surface area contributed by atoms with Crippen LogP contribution in [0.4, 0.5) is 0 Å². The Hall–Kier alpha value is -1.46. The number of benzene rings is 1. The molecule has 0 bridgehead atoms. The number of likely N-dealkylation sites (N-methyl/N-ethyl adjacent to an activating group) is 2. The third-order valence-electron chi connectivity index (χ3n) is 2.83. The van der Waals surface area contributed by atoms with Crippen LogP contribution in [0.2, 0.25) is 0 Å². The molecule has 0 spiro atoms. The minimum atomic E-state index is -0.0238. The average molecular weight is 317 g/mol. The van der Waals surface area contributed by atoms with Crippen LogP contribution in [0.3, 0.4) is 0 Å². The summed E-state index contributed by atoms with van der Waals surface area (Å²) < 4.78 is 11.0. The van der Waals surface area contributed by atoms with Crippen LogP contribution in [0.15, 0.2) is 18.2 Å². The van der Waals surface area contributed by atoms with E-state index in [1.807, 2.05) is 20.9 Å². The largest absolute Gasteiger partial charge is 0.490 e. The van der Waals surface area contributed by atoms with E-state index in [-0.39, 0.29) is 18.3 Å². The molecule has 0 aliphatic carbocycles. The second-order valence-corrected chi connectivity index (χ2v) is 4.36. The first-order valence-electron chi connectivity index (χ1n) is 6.93. The molecule has 0 aliphatic heterocycles. The molecule has 0 heterocycles. The maximum absolute atomic E-state index is 12.3. The van der Waals surface area contributed by atoms with Crippen LogP contribution in [0.25, 0.3) is 0 Å². The lowest BCUT2D eigenvalue weighted by Crippen LogP contribution is -2.32. The van der Waals surface area contributed by atoms with Crippen molar-refractivity contribution in [3.05, 3.63) is 23.8 Å². The zero-order valence-corrected chi connectivity index (χ0v) is 14.0. The second-order valence-electron chi connectivity index (χ2n) is 4.36. The number of rotatable bonds is 8. The van der Waals surface area contributed by atoms with Gasteiger partial charge < -0.3 is 19.7 Å². The summed E-state index contributed by atoms with van der Waals surface area (Å²) in [5.41, 5.74) is 0.607. The molecule has 1 N–H and O–H groups in total. The number of hydrogen-bond donors (Lipinski definition) is 1. The van der Waals surface area contributed by atoms with Gasteiger partial charge in [0.2, 0.25) is 0 Å². The summed E-state index contributed by atoms with van der Waals surface area (Å²) in [6.45, 7) is 6.34. The lowest BCUT2D eigenvalue weighted by atomic mass is 10.1. The van der Waals surface area contributed by atoms with E-state index in [2.05, 4.69) is 5.32 Å². The number of carbonyl (C=O) groups excluding carboxylic acids is 1. The lowest BCUT2D eigenvalue weighted by Gasteiger charge is -2.18. The Morgan fingerprint density at radius 3 is 2.38 bits per heavy atom. The smallest absolute Gasteiger partial charge is 0.253 e. The van der Waals surface area contributed by atoms with E-state index in [4.69, 9.17) is 9.47 Å². The van der Waals surface area contributed by atoms with Crippen molar-refractivity contribution in [1.29, 1.82) is 0 Å². The highest BCUT2D eigenvalue weighted by Gasteiger charge is 2.14. The summed E-state index contributed by atoms with van der Waals surface area (Å²) in [4.78, 5) is 14.0. The summed E-state index contributed by atoms with van der Waals surface area (Å²) in [6, 6.07) is 5.30. The number of hydrogen-bond acceptors (Lipinski definition) is 4. The maximum atomic E-state index is 12.3. The summed E-state index contributed by atoms with van der Waals surface area (Å²) in [6.07, 6.45) is 0. The van der Waals surface area contributed by atoms with Crippen LogP contribution >= 0.6 is 12.4 Å². The van der Waals surface area contributed by atoms with Gasteiger partial charge >= 0.3 is 0 Å². The molecule has 0 radical (unpaired) electrons. The van der Waals surface area contributed by atoms with Crippen molar-refractivity contribution in [1.82, 2.24) is 10.2 Å². The van der Waals surface area contributed by atoms with Crippen molar-refractivity contribution < 1.29 is 14.3 Å². The SMILES string of the molecule is CCOc1ccc(C(=O)N(C)CCNC)cc1OCC.Cl. The Bertz CT molecular complexity index is 441. The predicted octanol–water partition coefficient (Wildman–Crippen LogP) is 2.20. The molecule has 120 valence electrons. The Balaban J connectivity index is 0.00000400. The number of halogens is 1.